The zero-order chi connectivity index (χ0) is 25.4. The molecule has 1 aromatic carbocycles. The molecule has 3 amide bonds. The minimum atomic E-state index is -1.09. The Morgan fingerprint density at radius 2 is 1.86 bits per heavy atom. The van der Waals surface area contributed by atoms with E-state index < -0.39 is 47.9 Å². The number of rotatable bonds is 11. The number of aromatic amines is 1. The van der Waals surface area contributed by atoms with Crippen molar-refractivity contribution >= 4 is 36.3 Å². The Morgan fingerprint density at radius 3 is 2.49 bits per heavy atom. The highest BCUT2D eigenvalue weighted by atomic mass is 32.1. The molecule has 1 aliphatic heterocycles. The van der Waals surface area contributed by atoms with Crippen LogP contribution < -0.4 is 16.4 Å². The van der Waals surface area contributed by atoms with Crippen LogP contribution in [-0.2, 0) is 32.0 Å². The molecule has 1 aromatic heterocycles. The van der Waals surface area contributed by atoms with E-state index in [2.05, 4.69) is 33.2 Å². The lowest BCUT2D eigenvalue weighted by atomic mass is 10.1. The summed E-state index contributed by atoms with van der Waals surface area (Å²) in [6.45, 7) is 0.284. The highest BCUT2D eigenvalue weighted by molar-refractivity contribution is 7.80. The molecule has 0 aliphatic carbocycles. The Morgan fingerprint density at radius 1 is 1.14 bits per heavy atom. The Balaban J connectivity index is 1.68. The standard InChI is InChI=1S/C23H30N6O5S/c24-16(9-14-5-2-1-3-6-14)20(30)28-18(12-35)21(31)27-17(10-15-11-25-13-26-15)22(32)29-8-4-7-19(29)23(33)34/h1-3,5-6,11,13,16-19,35H,4,7-10,12,24H2,(H,25,26)(H,27,31)(H,28,30)(H,33,34). The Bertz CT molecular complexity index is 1020. The molecule has 35 heavy (non-hydrogen) atoms. The number of H-pyrrole nitrogens is 1. The molecular weight excluding hydrogens is 472 g/mol. The molecule has 1 aliphatic rings. The smallest absolute Gasteiger partial charge is 0.326 e. The van der Waals surface area contributed by atoms with Gasteiger partial charge in [0.1, 0.15) is 18.1 Å². The van der Waals surface area contributed by atoms with Gasteiger partial charge >= 0.3 is 5.97 Å². The second-order valence-corrected chi connectivity index (χ2v) is 8.78. The van der Waals surface area contributed by atoms with Crippen LogP contribution in [0.5, 0.6) is 0 Å². The molecule has 2 heterocycles. The van der Waals surface area contributed by atoms with Crippen molar-refractivity contribution in [2.24, 2.45) is 5.73 Å². The number of carboxylic acids is 1. The first-order chi connectivity index (χ1) is 16.8. The van der Waals surface area contributed by atoms with Crippen molar-refractivity contribution in [1.82, 2.24) is 25.5 Å². The number of likely N-dealkylation sites (tertiary alicyclic amines) is 1. The van der Waals surface area contributed by atoms with E-state index in [1.807, 2.05) is 30.3 Å². The van der Waals surface area contributed by atoms with Crippen molar-refractivity contribution in [3.05, 3.63) is 54.1 Å². The molecule has 0 radical (unpaired) electrons. The first-order valence-corrected chi connectivity index (χ1v) is 11.9. The molecule has 188 valence electrons. The van der Waals surface area contributed by atoms with Gasteiger partial charge in [0.05, 0.1) is 12.4 Å². The van der Waals surface area contributed by atoms with Crippen molar-refractivity contribution in [3.8, 4) is 0 Å². The topological polar surface area (TPSA) is 171 Å². The fourth-order valence-corrected chi connectivity index (χ4v) is 4.27. The van der Waals surface area contributed by atoms with Crippen LogP contribution >= 0.6 is 12.6 Å². The van der Waals surface area contributed by atoms with Gasteiger partial charge < -0.3 is 31.4 Å². The zero-order valence-corrected chi connectivity index (χ0v) is 20.0. The monoisotopic (exact) mass is 502 g/mol. The molecule has 0 bridgehead atoms. The van der Waals surface area contributed by atoms with Gasteiger partial charge in [-0.3, -0.25) is 14.4 Å². The maximum absolute atomic E-state index is 13.3. The maximum Gasteiger partial charge on any atom is 0.326 e. The summed E-state index contributed by atoms with van der Waals surface area (Å²) in [7, 11) is 0. The van der Waals surface area contributed by atoms with Crippen molar-refractivity contribution in [3.63, 3.8) is 0 Å². The van der Waals surface area contributed by atoms with Crippen molar-refractivity contribution in [2.45, 2.75) is 49.9 Å². The van der Waals surface area contributed by atoms with Crippen molar-refractivity contribution in [2.75, 3.05) is 12.3 Å². The molecule has 1 saturated heterocycles. The molecule has 0 saturated carbocycles. The minimum Gasteiger partial charge on any atom is -0.480 e. The summed E-state index contributed by atoms with van der Waals surface area (Å²) in [5.41, 5.74) is 7.49. The molecule has 3 rings (SSSR count). The van der Waals surface area contributed by atoms with Gasteiger partial charge in [0.2, 0.25) is 17.7 Å². The van der Waals surface area contributed by atoms with Gasteiger partial charge in [0, 0.05) is 30.6 Å². The van der Waals surface area contributed by atoms with Crippen LogP contribution in [0.15, 0.2) is 42.9 Å². The number of carbonyl (C=O) groups is 4. The van der Waals surface area contributed by atoms with Crippen LogP contribution in [0, 0.1) is 0 Å². The van der Waals surface area contributed by atoms with Gasteiger partial charge in [-0.15, -0.1) is 0 Å². The van der Waals surface area contributed by atoms with Gasteiger partial charge in [-0.25, -0.2) is 9.78 Å². The maximum atomic E-state index is 13.3. The molecule has 6 N–H and O–H groups in total. The summed E-state index contributed by atoms with van der Waals surface area (Å²) in [5, 5.41) is 14.7. The van der Waals surface area contributed by atoms with Crippen molar-refractivity contribution < 1.29 is 24.3 Å². The third kappa shape index (κ3) is 7.06. The number of nitrogens with one attached hydrogen (secondary N) is 3. The predicted molar refractivity (Wildman–Crippen MR) is 130 cm³/mol. The lowest BCUT2D eigenvalue weighted by molar-refractivity contribution is -0.149. The molecule has 11 nitrogen and oxygen atoms in total. The minimum absolute atomic E-state index is 0.0257. The summed E-state index contributed by atoms with van der Waals surface area (Å²) in [5.74, 6) is -2.77. The second-order valence-electron chi connectivity index (χ2n) is 8.41. The highest BCUT2D eigenvalue weighted by Crippen LogP contribution is 2.19. The number of hydrogen-bond donors (Lipinski definition) is 6. The average molecular weight is 503 g/mol. The van der Waals surface area contributed by atoms with E-state index >= 15 is 0 Å². The number of imidazole rings is 1. The van der Waals surface area contributed by atoms with Gasteiger partial charge in [0.25, 0.3) is 0 Å². The van der Waals surface area contributed by atoms with Crippen LogP contribution in [0.4, 0.5) is 0 Å². The molecule has 1 fully saturated rings. The van der Waals surface area contributed by atoms with Crippen LogP contribution in [0.1, 0.15) is 24.1 Å². The SMILES string of the molecule is NC(Cc1ccccc1)C(=O)NC(CS)C(=O)NC(Cc1cnc[nH]1)C(=O)N1CCCC1C(=O)O. The largest absolute Gasteiger partial charge is 0.480 e. The van der Waals surface area contributed by atoms with E-state index in [4.69, 9.17) is 5.73 Å². The van der Waals surface area contributed by atoms with Gasteiger partial charge in [-0.2, -0.15) is 12.6 Å². The molecule has 2 aromatic rings. The summed E-state index contributed by atoms with van der Waals surface area (Å²) < 4.78 is 0. The molecule has 12 heteroatoms. The van der Waals surface area contributed by atoms with Crippen molar-refractivity contribution in [1.29, 1.82) is 0 Å². The van der Waals surface area contributed by atoms with Crippen LogP contribution in [0.2, 0.25) is 0 Å². The first-order valence-electron chi connectivity index (χ1n) is 11.3. The number of aliphatic carboxylic acids is 1. The third-order valence-electron chi connectivity index (χ3n) is 5.87. The lowest BCUT2D eigenvalue weighted by Crippen LogP contribution is -2.58. The summed E-state index contributed by atoms with van der Waals surface area (Å²) >= 11 is 4.18. The van der Waals surface area contributed by atoms with E-state index in [9.17, 15) is 24.3 Å². The fourth-order valence-electron chi connectivity index (χ4n) is 4.01. The summed E-state index contributed by atoms with van der Waals surface area (Å²) in [6, 6.07) is 5.33. The quantitative estimate of drug-likeness (QED) is 0.225. The number of nitrogens with zero attached hydrogens (tertiary/aromatic N) is 2. The zero-order valence-electron chi connectivity index (χ0n) is 19.1. The van der Waals surface area contributed by atoms with Crippen LogP contribution in [-0.4, -0.2) is 80.1 Å². The average Bonchev–Trinajstić information content (AvgIpc) is 3.54. The van der Waals surface area contributed by atoms with E-state index in [1.165, 1.54) is 17.4 Å². The number of hydrogen-bond acceptors (Lipinski definition) is 7. The number of carboxylic acid groups (broad SMARTS) is 1. The lowest BCUT2D eigenvalue weighted by Gasteiger charge is -2.28. The Kier molecular flexibility index (Phi) is 9.26. The molecule has 4 atom stereocenters. The van der Waals surface area contributed by atoms with Crippen LogP contribution in [0.3, 0.4) is 0 Å². The van der Waals surface area contributed by atoms with E-state index in [0.29, 0.717) is 25.0 Å². The van der Waals surface area contributed by atoms with E-state index in [1.54, 1.807) is 0 Å². The van der Waals surface area contributed by atoms with E-state index in [-0.39, 0.29) is 18.7 Å². The number of thiol groups is 1. The van der Waals surface area contributed by atoms with Gasteiger partial charge in [-0.1, -0.05) is 30.3 Å². The predicted octanol–water partition coefficient (Wildman–Crippen LogP) is -0.503. The molecule has 0 spiro atoms. The van der Waals surface area contributed by atoms with E-state index in [0.717, 1.165) is 5.56 Å². The summed E-state index contributed by atoms with van der Waals surface area (Å²) in [4.78, 5) is 58.6. The van der Waals surface area contributed by atoms with Gasteiger partial charge in [0.15, 0.2) is 0 Å². The normalized spacial score (nSPS) is 17.9. The van der Waals surface area contributed by atoms with Crippen LogP contribution in [0.25, 0.3) is 0 Å². The Hall–Kier alpha value is -3.38. The number of amides is 3. The first kappa shape index (κ1) is 26.2. The number of nitrogens with two attached hydrogens (primary N) is 1. The number of carbonyl (C=O) groups excluding carboxylic acids is 3. The van der Waals surface area contributed by atoms with Gasteiger partial charge in [-0.05, 0) is 24.8 Å². The number of benzene rings is 1. The molecule has 4 unspecified atom stereocenters. The number of aromatic nitrogens is 2. The Labute approximate surface area is 208 Å². The highest BCUT2D eigenvalue weighted by Gasteiger charge is 2.38. The fraction of sp³-hybridized carbons (Fsp3) is 0.435. The third-order valence-corrected chi connectivity index (χ3v) is 6.23. The molecular formula is C23H30N6O5S. The summed E-state index contributed by atoms with van der Waals surface area (Å²) in [6.07, 6.45) is 4.24. The second kappa shape index (κ2) is 12.4.